The van der Waals surface area contributed by atoms with Crippen molar-refractivity contribution in [1.82, 2.24) is 5.32 Å². The molecule has 16 heavy (non-hydrogen) atoms. The topological polar surface area (TPSA) is 12.0 Å². The zero-order valence-corrected chi connectivity index (χ0v) is 9.61. The summed E-state index contributed by atoms with van der Waals surface area (Å²) in [4.78, 5) is 0. The van der Waals surface area contributed by atoms with Gasteiger partial charge in [0.15, 0.2) is 0 Å². The first-order valence-electron chi connectivity index (χ1n) is 5.79. The van der Waals surface area contributed by atoms with Gasteiger partial charge >= 0.3 is 0 Å². The Hall–Kier alpha value is -1.76. The standard InChI is InChI=1S/C15H17N/c1-2-11-16-12-10-14-8-5-7-13-6-3-4-9-15(13)14/h3-10,12,16H,2,11H2,1H3/b12-10+. The van der Waals surface area contributed by atoms with E-state index >= 15 is 0 Å². The van der Waals surface area contributed by atoms with E-state index in [1.54, 1.807) is 0 Å². The van der Waals surface area contributed by atoms with Crippen molar-refractivity contribution in [3.63, 3.8) is 0 Å². The third kappa shape index (κ3) is 2.43. The molecule has 0 saturated heterocycles. The molecule has 0 aliphatic rings. The molecule has 0 fully saturated rings. The largest absolute Gasteiger partial charge is 0.391 e. The van der Waals surface area contributed by atoms with Gasteiger partial charge in [-0.15, -0.1) is 0 Å². The van der Waals surface area contributed by atoms with E-state index in [9.17, 15) is 0 Å². The van der Waals surface area contributed by atoms with Crippen molar-refractivity contribution in [1.29, 1.82) is 0 Å². The maximum absolute atomic E-state index is 3.27. The third-order valence-electron chi connectivity index (χ3n) is 2.60. The summed E-state index contributed by atoms with van der Waals surface area (Å²) in [6.45, 7) is 3.19. The molecule has 0 unspecified atom stereocenters. The average molecular weight is 211 g/mol. The van der Waals surface area contributed by atoms with Crippen LogP contribution in [-0.4, -0.2) is 6.54 Å². The first-order valence-corrected chi connectivity index (χ1v) is 5.79. The fourth-order valence-electron chi connectivity index (χ4n) is 1.77. The van der Waals surface area contributed by atoms with Gasteiger partial charge in [0.1, 0.15) is 0 Å². The van der Waals surface area contributed by atoms with Gasteiger partial charge in [0.05, 0.1) is 0 Å². The van der Waals surface area contributed by atoms with Crippen LogP contribution in [0.2, 0.25) is 0 Å². The third-order valence-corrected chi connectivity index (χ3v) is 2.60. The first-order chi connectivity index (χ1) is 7.92. The number of benzene rings is 2. The molecule has 0 spiro atoms. The van der Waals surface area contributed by atoms with Crippen LogP contribution in [0, 0.1) is 0 Å². The van der Waals surface area contributed by atoms with E-state index in [1.165, 1.54) is 16.3 Å². The number of rotatable bonds is 4. The fraction of sp³-hybridized carbons (Fsp3) is 0.200. The molecule has 0 aliphatic carbocycles. The molecule has 0 saturated carbocycles. The van der Waals surface area contributed by atoms with Crippen LogP contribution in [0.1, 0.15) is 18.9 Å². The highest BCUT2D eigenvalue weighted by Crippen LogP contribution is 2.19. The molecule has 1 nitrogen and oxygen atoms in total. The van der Waals surface area contributed by atoms with Crippen molar-refractivity contribution >= 4 is 16.8 Å². The maximum Gasteiger partial charge on any atom is 0.0138 e. The van der Waals surface area contributed by atoms with E-state index in [-0.39, 0.29) is 0 Å². The van der Waals surface area contributed by atoms with Crippen molar-refractivity contribution in [3.8, 4) is 0 Å². The lowest BCUT2D eigenvalue weighted by molar-refractivity contribution is 0.812. The van der Waals surface area contributed by atoms with Gasteiger partial charge in [-0.2, -0.15) is 0 Å². The summed E-state index contributed by atoms with van der Waals surface area (Å²) in [6, 6.07) is 14.9. The molecule has 0 aromatic heterocycles. The van der Waals surface area contributed by atoms with Crippen molar-refractivity contribution in [2.45, 2.75) is 13.3 Å². The number of nitrogens with one attached hydrogen (secondary N) is 1. The minimum absolute atomic E-state index is 1.03. The molecule has 2 aromatic rings. The van der Waals surface area contributed by atoms with Gasteiger partial charge in [-0.1, -0.05) is 49.4 Å². The van der Waals surface area contributed by atoms with Gasteiger partial charge in [0, 0.05) is 6.54 Å². The van der Waals surface area contributed by atoms with Crippen LogP contribution in [0.25, 0.3) is 16.8 Å². The van der Waals surface area contributed by atoms with E-state index in [0.29, 0.717) is 0 Å². The van der Waals surface area contributed by atoms with Gasteiger partial charge in [-0.05, 0) is 35.0 Å². The SMILES string of the molecule is CCCN/C=C/c1cccc2ccccc12. The molecule has 1 heteroatoms. The summed E-state index contributed by atoms with van der Waals surface area (Å²) >= 11 is 0. The molecule has 0 amide bonds. The summed E-state index contributed by atoms with van der Waals surface area (Å²) in [5.41, 5.74) is 1.27. The Bertz CT molecular complexity index is 480. The highest BCUT2D eigenvalue weighted by atomic mass is 14.8. The van der Waals surface area contributed by atoms with Crippen LogP contribution in [0.5, 0.6) is 0 Å². The van der Waals surface area contributed by atoms with Crippen LogP contribution in [0.4, 0.5) is 0 Å². The Morgan fingerprint density at radius 3 is 2.75 bits per heavy atom. The molecule has 0 atom stereocenters. The molecule has 0 radical (unpaired) electrons. The minimum Gasteiger partial charge on any atom is -0.391 e. The Balaban J connectivity index is 2.27. The lowest BCUT2D eigenvalue weighted by Crippen LogP contribution is -2.04. The number of hydrogen-bond acceptors (Lipinski definition) is 1. The predicted molar refractivity (Wildman–Crippen MR) is 71.3 cm³/mol. The lowest BCUT2D eigenvalue weighted by Gasteiger charge is -2.02. The molecular weight excluding hydrogens is 194 g/mol. The van der Waals surface area contributed by atoms with E-state index < -0.39 is 0 Å². The fourth-order valence-corrected chi connectivity index (χ4v) is 1.77. The van der Waals surface area contributed by atoms with Crippen LogP contribution in [0.3, 0.4) is 0 Å². The van der Waals surface area contributed by atoms with Gasteiger partial charge in [0.2, 0.25) is 0 Å². The van der Waals surface area contributed by atoms with Crippen LogP contribution in [-0.2, 0) is 0 Å². The summed E-state index contributed by atoms with van der Waals surface area (Å²) in [6.07, 6.45) is 5.32. The Morgan fingerprint density at radius 2 is 1.88 bits per heavy atom. The van der Waals surface area contributed by atoms with Gasteiger partial charge in [-0.25, -0.2) is 0 Å². The van der Waals surface area contributed by atoms with Crippen LogP contribution in [0.15, 0.2) is 48.7 Å². The number of hydrogen-bond donors (Lipinski definition) is 1. The van der Waals surface area contributed by atoms with E-state index in [4.69, 9.17) is 0 Å². The second kappa shape index (κ2) is 5.36. The van der Waals surface area contributed by atoms with Gasteiger partial charge in [-0.3, -0.25) is 0 Å². The van der Waals surface area contributed by atoms with E-state index in [1.807, 2.05) is 6.20 Å². The molecule has 0 aliphatic heterocycles. The zero-order chi connectivity index (χ0) is 11.2. The highest BCUT2D eigenvalue weighted by molar-refractivity contribution is 5.90. The monoisotopic (exact) mass is 211 g/mol. The maximum atomic E-state index is 3.27. The summed E-state index contributed by atoms with van der Waals surface area (Å²) in [5.74, 6) is 0. The molecular formula is C15H17N. The molecule has 82 valence electrons. The van der Waals surface area contributed by atoms with Crippen molar-refractivity contribution < 1.29 is 0 Å². The Kier molecular flexibility index (Phi) is 3.60. The zero-order valence-electron chi connectivity index (χ0n) is 9.61. The Morgan fingerprint density at radius 1 is 1.06 bits per heavy atom. The molecule has 0 heterocycles. The van der Waals surface area contributed by atoms with E-state index in [2.05, 4.69) is 60.8 Å². The molecule has 2 rings (SSSR count). The normalized spacial score (nSPS) is 11.1. The van der Waals surface area contributed by atoms with Gasteiger partial charge in [0.25, 0.3) is 0 Å². The van der Waals surface area contributed by atoms with Crippen LogP contribution < -0.4 is 5.32 Å². The highest BCUT2D eigenvalue weighted by Gasteiger charge is 1.95. The molecule has 0 bridgehead atoms. The summed E-state index contributed by atoms with van der Waals surface area (Å²) < 4.78 is 0. The number of fused-ring (bicyclic) bond motifs is 1. The smallest absolute Gasteiger partial charge is 0.0138 e. The molecule has 1 N–H and O–H groups in total. The van der Waals surface area contributed by atoms with E-state index in [0.717, 1.165) is 13.0 Å². The van der Waals surface area contributed by atoms with Crippen LogP contribution >= 0.6 is 0 Å². The van der Waals surface area contributed by atoms with Gasteiger partial charge < -0.3 is 5.32 Å². The quantitative estimate of drug-likeness (QED) is 0.758. The Labute approximate surface area is 96.8 Å². The first kappa shape index (κ1) is 10.7. The lowest BCUT2D eigenvalue weighted by atomic mass is 10.0. The molecule has 2 aromatic carbocycles. The van der Waals surface area contributed by atoms with Crippen molar-refractivity contribution in [3.05, 3.63) is 54.2 Å². The summed E-state index contributed by atoms with van der Waals surface area (Å²) in [5, 5.41) is 5.86. The average Bonchev–Trinajstić information content (AvgIpc) is 2.35. The van der Waals surface area contributed by atoms with Crippen molar-refractivity contribution in [2.24, 2.45) is 0 Å². The summed E-state index contributed by atoms with van der Waals surface area (Å²) in [7, 11) is 0. The second-order valence-corrected chi connectivity index (χ2v) is 3.86. The minimum atomic E-state index is 1.03. The second-order valence-electron chi connectivity index (χ2n) is 3.86. The van der Waals surface area contributed by atoms with Crippen molar-refractivity contribution in [2.75, 3.05) is 6.54 Å². The predicted octanol–water partition coefficient (Wildman–Crippen LogP) is 3.81.